The smallest absolute Gasteiger partial charge is 0.307 e. The van der Waals surface area contributed by atoms with Gasteiger partial charge >= 0.3 is 5.97 Å². The van der Waals surface area contributed by atoms with E-state index in [0.29, 0.717) is 11.1 Å². The van der Waals surface area contributed by atoms with Gasteiger partial charge in [-0.3, -0.25) is 9.59 Å². The summed E-state index contributed by atoms with van der Waals surface area (Å²) in [5.41, 5.74) is 6.59. The quantitative estimate of drug-likeness (QED) is 0.821. The highest BCUT2D eigenvalue weighted by Gasteiger charge is 2.23. The average Bonchev–Trinajstić information content (AvgIpc) is 2.32. The highest BCUT2D eigenvalue weighted by atomic mass is 19.1. The monoisotopic (exact) mass is 267 g/mol. The van der Waals surface area contributed by atoms with Crippen LogP contribution in [-0.4, -0.2) is 22.9 Å². The van der Waals surface area contributed by atoms with Crippen LogP contribution < -0.4 is 5.73 Å². The number of rotatable bonds is 6. The number of aliphatic carboxylic acids is 1. The number of benzene rings is 1. The summed E-state index contributed by atoms with van der Waals surface area (Å²) in [7, 11) is 0. The largest absolute Gasteiger partial charge is 0.481 e. The van der Waals surface area contributed by atoms with Gasteiger partial charge in [0.2, 0.25) is 0 Å². The van der Waals surface area contributed by atoms with Gasteiger partial charge in [-0.25, -0.2) is 4.39 Å². The molecule has 0 bridgehead atoms. The molecule has 0 saturated carbocycles. The van der Waals surface area contributed by atoms with Crippen molar-refractivity contribution in [3.05, 3.63) is 35.1 Å². The molecule has 0 fully saturated rings. The van der Waals surface area contributed by atoms with E-state index >= 15 is 0 Å². The van der Waals surface area contributed by atoms with E-state index in [1.807, 2.05) is 0 Å². The second-order valence-electron chi connectivity index (χ2n) is 4.78. The van der Waals surface area contributed by atoms with Gasteiger partial charge in [-0.05, 0) is 37.5 Å². The summed E-state index contributed by atoms with van der Waals surface area (Å²) < 4.78 is 13.1. The number of carbonyl (C=O) groups excluding carboxylic acids is 1. The molecule has 0 radical (unpaired) electrons. The highest BCUT2D eigenvalue weighted by molar-refractivity contribution is 5.87. The number of carboxylic acid groups (broad SMARTS) is 1. The van der Waals surface area contributed by atoms with Crippen molar-refractivity contribution in [3.63, 3.8) is 0 Å². The molecular formula is C14H18FNO3. The SMILES string of the molecule is Cc1cc(CC(CC(=O)[C@@H](C)N)C(=O)O)ccc1F. The normalized spacial score (nSPS) is 13.9. The van der Waals surface area contributed by atoms with Crippen LogP contribution in [-0.2, 0) is 16.0 Å². The van der Waals surface area contributed by atoms with E-state index in [1.54, 1.807) is 13.0 Å². The Morgan fingerprint density at radius 1 is 1.42 bits per heavy atom. The minimum atomic E-state index is -1.05. The summed E-state index contributed by atoms with van der Waals surface area (Å²) in [5, 5.41) is 9.12. The Balaban J connectivity index is 2.81. The number of aryl methyl sites for hydroxylation is 1. The molecule has 1 rings (SSSR count). The summed E-state index contributed by atoms with van der Waals surface area (Å²) >= 11 is 0. The van der Waals surface area contributed by atoms with Crippen molar-refractivity contribution in [1.82, 2.24) is 0 Å². The van der Waals surface area contributed by atoms with Crippen molar-refractivity contribution in [2.75, 3.05) is 0 Å². The minimum absolute atomic E-state index is 0.108. The topological polar surface area (TPSA) is 80.4 Å². The lowest BCUT2D eigenvalue weighted by Crippen LogP contribution is -2.31. The van der Waals surface area contributed by atoms with Gasteiger partial charge in [-0.2, -0.15) is 0 Å². The van der Waals surface area contributed by atoms with Crippen LogP contribution >= 0.6 is 0 Å². The summed E-state index contributed by atoms with van der Waals surface area (Å²) in [6, 6.07) is 3.77. The Bertz CT molecular complexity index is 486. The van der Waals surface area contributed by atoms with E-state index in [1.165, 1.54) is 19.1 Å². The van der Waals surface area contributed by atoms with Gasteiger partial charge in [0.1, 0.15) is 11.6 Å². The average molecular weight is 267 g/mol. The molecule has 19 heavy (non-hydrogen) atoms. The van der Waals surface area contributed by atoms with Crippen molar-refractivity contribution >= 4 is 11.8 Å². The fraction of sp³-hybridized carbons (Fsp3) is 0.429. The molecule has 0 aliphatic heterocycles. The van der Waals surface area contributed by atoms with Gasteiger partial charge in [0.25, 0.3) is 0 Å². The molecule has 4 nitrogen and oxygen atoms in total. The number of ketones is 1. The van der Waals surface area contributed by atoms with Crippen LogP contribution in [0.5, 0.6) is 0 Å². The zero-order valence-corrected chi connectivity index (χ0v) is 11.0. The van der Waals surface area contributed by atoms with E-state index in [4.69, 9.17) is 10.8 Å². The fourth-order valence-electron chi connectivity index (χ4n) is 1.79. The molecule has 0 aliphatic carbocycles. The van der Waals surface area contributed by atoms with Crippen LogP contribution in [0.25, 0.3) is 0 Å². The summed E-state index contributed by atoms with van der Waals surface area (Å²) in [5.74, 6) is -2.49. The number of hydrogen-bond donors (Lipinski definition) is 2. The maximum Gasteiger partial charge on any atom is 0.307 e. The first-order valence-electron chi connectivity index (χ1n) is 6.07. The molecule has 3 N–H and O–H groups in total. The first kappa shape index (κ1) is 15.3. The van der Waals surface area contributed by atoms with Crippen molar-refractivity contribution in [1.29, 1.82) is 0 Å². The van der Waals surface area contributed by atoms with E-state index in [9.17, 15) is 14.0 Å². The molecule has 0 spiro atoms. The van der Waals surface area contributed by atoms with E-state index in [0.717, 1.165) is 0 Å². The Morgan fingerprint density at radius 3 is 2.53 bits per heavy atom. The van der Waals surface area contributed by atoms with Crippen LogP contribution in [0.15, 0.2) is 18.2 Å². The lowest BCUT2D eigenvalue weighted by atomic mass is 9.92. The van der Waals surface area contributed by atoms with Crippen LogP contribution in [0.3, 0.4) is 0 Å². The van der Waals surface area contributed by atoms with E-state index in [2.05, 4.69) is 0 Å². The zero-order valence-electron chi connectivity index (χ0n) is 11.0. The zero-order chi connectivity index (χ0) is 14.6. The van der Waals surface area contributed by atoms with Crippen molar-refractivity contribution in [3.8, 4) is 0 Å². The van der Waals surface area contributed by atoms with Crippen LogP contribution in [0.4, 0.5) is 4.39 Å². The number of halogens is 1. The molecule has 0 aromatic heterocycles. The molecule has 0 saturated heterocycles. The maximum absolute atomic E-state index is 13.1. The number of Topliss-reactive ketones (excluding diaryl/α,β-unsaturated/α-hetero) is 1. The number of carbonyl (C=O) groups is 2. The maximum atomic E-state index is 13.1. The van der Waals surface area contributed by atoms with Crippen molar-refractivity contribution in [2.24, 2.45) is 11.7 Å². The third-order valence-electron chi connectivity index (χ3n) is 3.01. The Morgan fingerprint density at radius 2 is 2.05 bits per heavy atom. The van der Waals surface area contributed by atoms with Gasteiger partial charge in [0.15, 0.2) is 0 Å². The Hall–Kier alpha value is -1.75. The van der Waals surface area contributed by atoms with Gasteiger partial charge < -0.3 is 10.8 Å². The van der Waals surface area contributed by atoms with Crippen LogP contribution in [0.1, 0.15) is 24.5 Å². The lowest BCUT2D eigenvalue weighted by Gasteiger charge is -2.13. The number of hydrogen-bond acceptors (Lipinski definition) is 3. The second-order valence-corrected chi connectivity index (χ2v) is 4.78. The lowest BCUT2D eigenvalue weighted by molar-refractivity contribution is -0.143. The Labute approximate surface area is 111 Å². The van der Waals surface area contributed by atoms with Crippen molar-refractivity contribution < 1.29 is 19.1 Å². The summed E-state index contributed by atoms with van der Waals surface area (Å²) in [4.78, 5) is 22.7. The van der Waals surface area contributed by atoms with E-state index in [-0.39, 0.29) is 24.4 Å². The highest BCUT2D eigenvalue weighted by Crippen LogP contribution is 2.17. The standard InChI is InChI=1S/C14H18FNO3/c1-8-5-10(3-4-12(8)15)6-11(14(18)19)7-13(17)9(2)16/h3-5,9,11H,6-7,16H2,1-2H3,(H,18,19)/t9-,11?/m1/s1. The summed E-state index contributed by atoms with van der Waals surface area (Å²) in [6.45, 7) is 3.14. The molecule has 0 amide bonds. The second kappa shape index (κ2) is 6.43. The molecule has 1 unspecified atom stereocenters. The predicted octanol–water partition coefficient (Wildman–Crippen LogP) is 1.68. The number of nitrogens with two attached hydrogens (primary N) is 1. The first-order chi connectivity index (χ1) is 8.81. The molecule has 0 heterocycles. The number of carboxylic acids is 1. The third kappa shape index (κ3) is 4.44. The molecule has 0 aliphatic rings. The fourth-order valence-corrected chi connectivity index (χ4v) is 1.79. The molecule has 1 aromatic rings. The molecule has 5 heteroatoms. The molecular weight excluding hydrogens is 249 g/mol. The van der Waals surface area contributed by atoms with Gasteiger partial charge in [-0.1, -0.05) is 12.1 Å². The predicted molar refractivity (Wildman–Crippen MR) is 69.2 cm³/mol. The van der Waals surface area contributed by atoms with Crippen molar-refractivity contribution in [2.45, 2.75) is 32.7 Å². The van der Waals surface area contributed by atoms with Gasteiger partial charge in [-0.15, -0.1) is 0 Å². The Kier molecular flexibility index (Phi) is 5.18. The first-order valence-corrected chi connectivity index (χ1v) is 6.07. The molecule has 2 atom stereocenters. The van der Waals surface area contributed by atoms with E-state index < -0.39 is 17.9 Å². The third-order valence-corrected chi connectivity index (χ3v) is 3.01. The van der Waals surface area contributed by atoms with Gasteiger partial charge in [0.05, 0.1) is 12.0 Å². The van der Waals surface area contributed by atoms with Gasteiger partial charge in [0, 0.05) is 6.42 Å². The minimum Gasteiger partial charge on any atom is -0.481 e. The summed E-state index contributed by atoms with van der Waals surface area (Å²) in [6.07, 6.45) is 0.0817. The molecule has 104 valence electrons. The molecule has 1 aromatic carbocycles. The van der Waals surface area contributed by atoms with Crippen LogP contribution in [0, 0.1) is 18.7 Å². The van der Waals surface area contributed by atoms with Crippen LogP contribution in [0.2, 0.25) is 0 Å².